The number of amides is 1. The fourth-order valence-corrected chi connectivity index (χ4v) is 3.35. The van der Waals surface area contributed by atoms with Crippen LogP contribution in [0.3, 0.4) is 0 Å². The van der Waals surface area contributed by atoms with E-state index in [0.717, 1.165) is 56.0 Å². The van der Waals surface area contributed by atoms with Gasteiger partial charge in [0.1, 0.15) is 17.2 Å². The van der Waals surface area contributed by atoms with Gasteiger partial charge in [0.2, 0.25) is 5.91 Å². The maximum atomic E-state index is 12.1. The summed E-state index contributed by atoms with van der Waals surface area (Å²) in [6, 6.07) is 17.5. The smallest absolute Gasteiger partial charge is 0.225 e. The largest absolute Gasteiger partial charge is 0.493 e. The van der Waals surface area contributed by atoms with Crippen LogP contribution in [-0.4, -0.2) is 30.5 Å². The number of benzene rings is 2. The highest BCUT2D eigenvalue weighted by atomic mass is 16.5. The number of ether oxygens (including phenoxy) is 2. The van der Waals surface area contributed by atoms with Gasteiger partial charge in [-0.15, -0.1) is 0 Å². The summed E-state index contributed by atoms with van der Waals surface area (Å²) in [6.45, 7) is 2.48. The zero-order valence-corrected chi connectivity index (χ0v) is 15.0. The Kier molecular flexibility index (Phi) is 5.09. The van der Waals surface area contributed by atoms with Crippen molar-refractivity contribution < 1.29 is 14.3 Å². The molecule has 4 rings (SSSR count). The molecule has 4 nitrogen and oxygen atoms in total. The molecule has 26 heavy (non-hydrogen) atoms. The third-order valence-electron chi connectivity index (χ3n) is 5.14. The molecule has 1 aliphatic carbocycles. The summed E-state index contributed by atoms with van der Waals surface area (Å²) in [5, 5.41) is 0. The van der Waals surface area contributed by atoms with E-state index in [4.69, 9.17) is 9.47 Å². The second-order valence-electron chi connectivity index (χ2n) is 7.24. The van der Waals surface area contributed by atoms with Crippen LogP contribution in [0.4, 0.5) is 0 Å². The van der Waals surface area contributed by atoms with Gasteiger partial charge in [-0.3, -0.25) is 4.79 Å². The molecule has 0 bridgehead atoms. The highest BCUT2D eigenvalue weighted by Gasteiger charge is 2.34. The summed E-state index contributed by atoms with van der Waals surface area (Å²) in [5.41, 5.74) is 0. The summed E-state index contributed by atoms with van der Waals surface area (Å²) in [4.78, 5) is 14.1. The SMILES string of the molecule is O=C(C1CC1)N1CCC(COc2ccc(Oc3ccccc3)cc2)CC1. The molecular weight excluding hydrogens is 326 g/mol. The van der Waals surface area contributed by atoms with Crippen LogP contribution < -0.4 is 9.47 Å². The lowest BCUT2D eigenvalue weighted by atomic mass is 9.97. The maximum Gasteiger partial charge on any atom is 0.225 e. The van der Waals surface area contributed by atoms with E-state index in [-0.39, 0.29) is 0 Å². The first-order valence-electron chi connectivity index (χ1n) is 9.52. The number of hydrogen-bond acceptors (Lipinski definition) is 3. The first kappa shape index (κ1) is 17.0. The minimum Gasteiger partial charge on any atom is -0.493 e. The quantitative estimate of drug-likeness (QED) is 0.769. The summed E-state index contributed by atoms with van der Waals surface area (Å²) in [6.07, 6.45) is 4.25. The van der Waals surface area contributed by atoms with Crippen LogP contribution in [0.25, 0.3) is 0 Å². The van der Waals surface area contributed by atoms with Crippen molar-refractivity contribution in [3.63, 3.8) is 0 Å². The zero-order valence-electron chi connectivity index (χ0n) is 15.0. The number of hydrogen-bond donors (Lipinski definition) is 0. The van der Waals surface area contributed by atoms with Gasteiger partial charge in [0.25, 0.3) is 0 Å². The number of para-hydroxylation sites is 1. The van der Waals surface area contributed by atoms with Crippen molar-refractivity contribution in [2.24, 2.45) is 11.8 Å². The highest BCUT2D eigenvalue weighted by Crippen LogP contribution is 2.32. The lowest BCUT2D eigenvalue weighted by Crippen LogP contribution is -2.40. The van der Waals surface area contributed by atoms with Crippen LogP contribution in [0.5, 0.6) is 17.2 Å². The maximum absolute atomic E-state index is 12.1. The van der Waals surface area contributed by atoms with E-state index in [1.807, 2.05) is 59.5 Å². The van der Waals surface area contributed by atoms with E-state index in [9.17, 15) is 4.79 Å². The van der Waals surface area contributed by atoms with Crippen molar-refractivity contribution >= 4 is 5.91 Å². The Bertz CT molecular complexity index is 717. The van der Waals surface area contributed by atoms with Gasteiger partial charge in [-0.1, -0.05) is 18.2 Å². The Morgan fingerprint density at radius 3 is 2.12 bits per heavy atom. The topological polar surface area (TPSA) is 38.8 Å². The molecule has 1 amide bonds. The lowest BCUT2D eigenvalue weighted by Gasteiger charge is -2.32. The van der Waals surface area contributed by atoms with Crippen molar-refractivity contribution in [3.05, 3.63) is 54.6 Å². The Balaban J connectivity index is 1.22. The standard InChI is InChI=1S/C22H25NO3/c24-22(18-6-7-18)23-14-12-17(13-15-23)16-25-19-8-10-21(11-9-19)26-20-4-2-1-3-5-20/h1-5,8-11,17-18H,6-7,12-16H2. The van der Waals surface area contributed by atoms with Crippen molar-refractivity contribution in [1.29, 1.82) is 0 Å². The lowest BCUT2D eigenvalue weighted by molar-refractivity contribution is -0.134. The fourth-order valence-electron chi connectivity index (χ4n) is 3.35. The third kappa shape index (κ3) is 4.37. The molecule has 2 aliphatic rings. The van der Waals surface area contributed by atoms with Gasteiger partial charge in [0.05, 0.1) is 6.61 Å². The zero-order chi connectivity index (χ0) is 17.8. The molecule has 0 atom stereocenters. The molecular formula is C22H25NO3. The van der Waals surface area contributed by atoms with Crippen molar-refractivity contribution in [3.8, 4) is 17.2 Å². The van der Waals surface area contributed by atoms with Crippen LogP contribution >= 0.6 is 0 Å². The van der Waals surface area contributed by atoms with Crippen molar-refractivity contribution in [2.75, 3.05) is 19.7 Å². The van der Waals surface area contributed by atoms with Crippen LogP contribution in [0.15, 0.2) is 54.6 Å². The highest BCUT2D eigenvalue weighted by molar-refractivity contribution is 5.81. The fraction of sp³-hybridized carbons (Fsp3) is 0.409. The number of carbonyl (C=O) groups is 1. The average Bonchev–Trinajstić information content (AvgIpc) is 3.53. The number of piperidine rings is 1. The van der Waals surface area contributed by atoms with Gasteiger partial charge in [0, 0.05) is 19.0 Å². The van der Waals surface area contributed by atoms with Gasteiger partial charge in [0.15, 0.2) is 0 Å². The molecule has 2 fully saturated rings. The van der Waals surface area contributed by atoms with E-state index in [1.165, 1.54) is 0 Å². The molecule has 136 valence electrons. The van der Waals surface area contributed by atoms with Gasteiger partial charge in [-0.2, -0.15) is 0 Å². The Labute approximate surface area is 154 Å². The van der Waals surface area contributed by atoms with Crippen molar-refractivity contribution in [2.45, 2.75) is 25.7 Å². The normalized spacial score (nSPS) is 17.8. The Hall–Kier alpha value is -2.49. The average molecular weight is 351 g/mol. The number of nitrogens with zero attached hydrogens (tertiary/aromatic N) is 1. The molecule has 0 spiro atoms. The van der Waals surface area contributed by atoms with Crippen LogP contribution in [0, 0.1) is 11.8 Å². The van der Waals surface area contributed by atoms with Gasteiger partial charge >= 0.3 is 0 Å². The Morgan fingerprint density at radius 2 is 1.46 bits per heavy atom. The number of likely N-dealkylation sites (tertiary alicyclic amines) is 1. The van der Waals surface area contributed by atoms with E-state index in [0.29, 0.717) is 24.3 Å². The molecule has 1 aliphatic heterocycles. The Morgan fingerprint density at radius 1 is 0.846 bits per heavy atom. The van der Waals surface area contributed by atoms with Crippen LogP contribution in [0.1, 0.15) is 25.7 Å². The molecule has 2 aromatic carbocycles. The van der Waals surface area contributed by atoms with E-state index in [1.54, 1.807) is 0 Å². The van der Waals surface area contributed by atoms with Gasteiger partial charge in [-0.05, 0) is 68.0 Å². The molecule has 2 aromatic rings. The van der Waals surface area contributed by atoms with E-state index in [2.05, 4.69) is 0 Å². The van der Waals surface area contributed by atoms with Gasteiger partial charge < -0.3 is 14.4 Å². The second-order valence-corrected chi connectivity index (χ2v) is 7.24. The summed E-state index contributed by atoms with van der Waals surface area (Å²) < 4.78 is 11.7. The monoisotopic (exact) mass is 351 g/mol. The third-order valence-corrected chi connectivity index (χ3v) is 5.14. The first-order valence-corrected chi connectivity index (χ1v) is 9.52. The van der Waals surface area contributed by atoms with Gasteiger partial charge in [-0.25, -0.2) is 0 Å². The number of carbonyl (C=O) groups excluding carboxylic acids is 1. The van der Waals surface area contributed by atoms with E-state index < -0.39 is 0 Å². The molecule has 0 N–H and O–H groups in total. The molecule has 4 heteroatoms. The van der Waals surface area contributed by atoms with E-state index >= 15 is 0 Å². The molecule has 0 aromatic heterocycles. The molecule has 0 unspecified atom stereocenters. The first-order chi connectivity index (χ1) is 12.8. The minimum absolute atomic E-state index is 0.333. The predicted octanol–water partition coefficient (Wildman–Crippen LogP) is 4.51. The summed E-state index contributed by atoms with van der Waals surface area (Å²) in [5.74, 6) is 3.72. The van der Waals surface area contributed by atoms with Crippen molar-refractivity contribution in [1.82, 2.24) is 4.90 Å². The predicted molar refractivity (Wildman–Crippen MR) is 100 cm³/mol. The van der Waals surface area contributed by atoms with Crippen LogP contribution in [-0.2, 0) is 4.79 Å². The minimum atomic E-state index is 0.333. The molecule has 1 saturated heterocycles. The summed E-state index contributed by atoms with van der Waals surface area (Å²) in [7, 11) is 0. The molecule has 1 saturated carbocycles. The summed E-state index contributed by atoms with van der Waals surface area (Å²) >= 11 is 0. The molecule has 1 heterocycles. The second kappa shape index (κ2) is 7.81. The molecule has 0 radical (unpaired) electrons. The van der Waals surface area contributed by atoms with Crippen LogP contribution in [0.2, 0.25) is 0 Å². The number of rotatable bonds is 6.